The van der Waals surface area contributed by atoms with Crippen LogP contribution in [0.15, 0.2) is 30.3 Å². The van der Waals surface area contributed by atoms with Crippen molar-refractivity contribution in [3.63, 3.8) is 0 Å². The quantitative estimate of drug-likeness (QED) is 0.444. The molecule has 0 aromatic heterocycles. The Morgan fingerprint density at radius 2 is 2.00 bits per heavy atom. The molecule has 2 aromatic carbocycles. The maximum absolute atomic E-state index is 11.9. The minimum absolute atomic E-state index is 0.257. The van der Waals surface area contributed by atoms with E-state index in [0.717, 1.165) is 36.4 Å². The Morgan fingerprint density at radius 1 is 1.29 bits per heavy atom. The molecule has 0 unspecified atom stereocenters. The zero-order chi connectivity index (χ0) is 22.4. The third-order valence-corrected chi connectivity index (χ3v) is 5.94. The smallest absolute Gasteiger partial charge is 0.328 e. The number of nitriles is 1. The first-order valence-corrected chi connectivity index (χ1v) is 10.8. The van der Waals surface area contributed by atoms with E-state index in [1.54, 1.807) is 37.3 Å². The zero-order valence-corrected chi connectivity index (χ0v) is 18.7. The van der Waals surface area contributed by atoms with Gasteiger partial charge in [-0.25, -0.2) is 9.10 Å². The van der Waals surface area contributed by atoms with Gasteiger partial charge in [0.05, 0.1) is 10.7 Å². The third-order valence-electron chi connectivity index (χ3n) is 4.71. The lowest BCUT2D eigenvalue weighted by atomic mass is 10.1. The van der Waals surface area contributed by atoms with E-state index in [-0.39, 0.29) is 5.75 Å². The summed E-state index contributed by atoms with van der Waals surface area (Å²) < 4.78 is 11.4. The van der Waals surface area contributed by atoms with Crippen molar-refractivity contribution in [3.8, 4) is 17.6 Å². The number of aryl methyl sites for hydroxylation is 1. The Balaban J connectivity index is 1.79. The molecule has 3 amide bonds. The Kier molecular flexibility index (Phi) is 7.63. The topological polar surface area (TPSA) is 97.7 Å². The van der Waals surface area contributed by atoms with E-state index in [1.807, 2.05) is 0 Å². The van der Waals surface area contributed by atoms with Crippen LogP contribution in [0, 0.1) is 18.3 Å². The van der Waals surface area contributed by atoms with Crippen LogP contribution >= 0.6 is 23.7 Å². The van der Waals surface area contributed by atoms with Gasteiger partial charge in [0.25, 0.3) is 0 Å². The van der Waals surface area contributed by atoms with Crippen molar-refractivity contribution in [1.82, 2.24) is 9.21 Å². The second-order valence-corrected chi connectivity index (χ2v) is 8.28. The van der Waals surface area contributed by atoms with E-state index in [2.05, 4.69) is 20.4 Å². The van der Waals surface area contributed by atoms with Crippen LogP contribution in [-0.4, -0.2) is 41.8 Å². The maximum Gasteiger partial charge on any atom is 0.328 e. The van der Waals surface area contributed by atoms with Crippen LogP contribution in [0.3, 0.4) is 0 Å². The number of benzene rings is 2. The van der Waals surface area contributed by atoms with E-state index in [0.29, 0.717) is 34.1 Å². The minimum atomic E-state index is -0.546. The lowest BCUT2D eigenvalue weighted by Crippen LogP contribution is -2.30. The minimum Gasteiger partial charge on any atom is -0.454 e. The molecule has 0 spiro atoms. The highest BCUT2D eigenvalue weighted by atomic mass is 35.5. The van der Waals surface area contributed by atoms with Crippen LogP contribution in [0.2, 0.25) is 5.02 Å². The summed E-state index contributed by atoms with van der Waals surface area (Å²) in [5, 5.41) is 12.7. The van der Waals surface area contributed by atoms with Crippen molar-refractivity contribution in [2.24, 2.45) is 0 Å². The first-order valence-electron chi connectivity index (χ1n) is 9.61. The maximum atomic E-state index is 11.9. The lowest BCUT2D eigenvalue weighted by molar-refractivity contribution is -0.114. The number of amides is 3. The number of carbonyl (C=O) groups is 2. The summed E-state index contributed by atoms with van der Waals surface area (Å²) in [6.07, 6.45) is 2.75. The van der Waals surface area contributed by atoms with Gasteiger partial charge < -0.3 is 14.8 Å². The predicted octanol–water partition coefficient (Wildman–Crippen LogP) is 5.00. The van der Waals surface area contributed by atoms with E-state index >= 15 is 0 Å². The largest absolute Gasteiger partial charge is 0.454 e. The van der Waals surface area contributed by atoms with Gasteiger partial charge in [-0.05, 0) is 55.7 Å². The Hall–Kier alpha value is -2.93. The molecule has 1 fully saturated rings. The standard InChI is InChI=1S/C21H22ClN5O3S/c1-14-11-15(5-7-18(14)24-21(29)26(2)13-28)30-20-16(12-23)19(8-6-17(20)22)25-31-27-9-3-4-10-27/h5-8,11,13,25H,3-4,9-10H2,1-2H3,(H,24,29). The molecule has 0 saturated carbocycles. The first-order chi connectivity index (χ1) is 14.9. The van der Waals surface area contributed by atoms with Crippen LogP contribution in [-0.2, 0) is 4.79 Å². The monoisotopic (exact) mass is 459 g/mol. The second-order valence-electron chi connectivity index (χ2n) is 6.97. The number of imide groups is 1. The second kappa shape index (κ2) is 10.4. The SMILES string of the molecule is Cc1cc(Oc2c(Cl)ccc(NSN3CCCC3)c2C#N)ccc1NC(=O)N(C)C=O. The first kappa shape index (κ1) is 22.7. The number of nitrogens with zero attached hydrogens (tertiary/aromatic N) is 3. The molecule has 162 valence electrons. The summed E-state index contributed by atoms with van der Waals surface area (Å²) in [6.45, 7) is 3.80. The molecular formula is C21H22ClN5O3S. The summed E-state index contributed by atoms with van der Waals surface area (Å²) >= 11 is 7.80. The number of anilines is 2. The Labute approximate surface area is 190 Å². The molecule has 1 heterocycles. The molecule has 1 aliphatic heterocycles. The molecule has 1 aliphatic rings. The highest BCUT2D eigenvalue weighted by Gasteiger charge is 2.18. The Morgan fingerprint density at radius 3 is 2.65 bits per heavy atom. The summed E-state index contributed by atoms with van der Waals surface area (Å²) in [6, 6.07) is 10.1. The zero-order valence-electron chi connectivity index (χ0n) is 17.1. The van der Waals surface area contributed by atoms with Crippen LogP contribution in [0.25, 0.3) is 0 Å². The van der Waals surface area contributed by atoms with Crippen LogP contribution in [0.4, 0.5) is 16.2 Å². The summed E-state index contributed by atoms with van der Waals surface area (Å²) in [4.78, 5) is 23.5. The Bertz CT molecular complexity index is 1020. The van der Waals surface area contributed by atoms with Gasteiger partial charge in [-0.3, -0.25) is 9.69 Å². The van der Waals surface area contributed by atoms with Crippen molar-refractivity contribution in [2.75, 3.05) is 30.2 Å². The average Bonchev–Trinajstić information content (AvgIpc) is 3.29. The number of rotatable bonds is 7. The summed E-state index contributed by atoms with van der Waals surface area (Å²) in [5.74, 6) is 0.718. The normalized spacial score (nSPS) is 13.4. The van der Waals surface area contributed by atoms with Crippen LogP contribution in [0.5, 0.6) is 11.5 Å². The third kappa shape index (κ3) is 5.61. The summed E-state index contributed by atoms with van der Waals surface area (Å²) in [5.41, 5.74) is 2.19. The van der Waals surface area contributed by atoms with Crippen LogP contribution in [0.1, 0.15) is 24.0 Å². The van der Waals surface area contributed by atoms with Gasteiger partial charge in [-0.2, -0.15) is 5.26 Å². The van der Waals surface area contributed by atoms with E-state index in [4.69, 9.17) is 16.3 Å². The number of urea groups is 1. The van der Waals surface area contributed by atoms with E-state index in [1.165, 1.54) is 19.2 Å². The molecule has 0 bridgehead atoms. The fourth-order valence-corrected chi connectivity index (χ4v) is 3.99. The number of carbonyl (C=O) groups excluding carboxylic acids is 2. The van der Waals surface area contributed by atoms with Crippen molar-refractivity contribution >= 4 is 47.6 Å². The highest BCUT2D eigenvalue weighted by molar-refractivity contribution is 7.98. The van der Waals surface area contributed by atoms with Gasteiger partial charge in [-0.15, -0.1) is 0 Å². The number of hydrogen-bond acceptors (Lipinski definition) is 7. The molecule has 1 saturated heterocycles. The van der Waals surface area contributed by atoms with Gasteiger partial charge >= 0.3 is 6.03 Å². The van der Waals surface area contributed by atoms with Gasteiger partial charge in [0.1, 0.15) is 17.4 Å². The average molecular weight is 460 g/mol. The van der Waals surface area contributed by atoms with Gasteiger partial charge in [0.15, 0.2) is 5.75 Å². The van der Waals surface area contributed by atoms with Crippen molar-refractivity contribution < 1.29 is 14.3 Å². The lowest BCUT2D eigenvalue weighted by Gasteiger charge is -2.18. The predicted molar refractivity (Wildman–Crippen MR) is 122 cm³/mol. The van der Waals surface area contributed by atoms with Crippen molar-refractivity contribution in [2.45, 2.75) is 19.8 Å². The van der Waals surface area contributed by atoms with E-state index in [9.17, 15) is 14.9 Å². The van der Waals surface area contributed by atoms with Crippen LogP contribution < -0.4 is 14.8 Å². The molecule has 0 atom stereocenters. The fraction of sp³-hybridized carbons (Fsp3) is 0.286. The number of hydrogen-bond donors (Lipinski definition) is 2. The number of ether oxygens (including phenoxy) is 1. The number of halogens is 1. The summed E-state index contributed by atoms with van der Waals surface area (Å²) in [7, 11) is 1.36. The van der Waals surface area contributed by atoms with Gasteiger partial charge in [-0.1, -0.05) is 11.6 Å². The molecule has 3 rings (SSSR count). The molecule has 0 aliphatic carbocycles. The molecule has 2 N–H and O–H groups in total. The molecular weight excluding hydrogens is 438 g/mol. The molecule has 31 heavy (non-hydrogen) atoms. The van der Waals surface area contributed by atoms with Crippen molar-refractivity contribution in [1.29, 1.82) is 5.26 Å². The molecule has 10 heteroatoms. The van der Waals surface area contributed by atoms with E-state index < -0.39 is 6.03 Å². The van der Waals surface area contributed by atoms with Gasteiger partial charge in [0, 0.05) is 38.0 Å². The molecule has 2 aromatic rings. The van der Waals surface area contributed by atoms with Gasteiger partial charge in [0.2, 0.25) is 6.41 Å². The molecule has 8 nitrogen and oxygen atoms in total. The number of nitrogens with one attached hydrogen (secondary N) is 2. The molecule has 0 radical (unpaired) electrons. The van der Waals surface area contributed by atoms with Crippen molar-refractivity contribution in [3.05, 3.63) is 46.5 Å². The highest BCUT2D eigenvalue weighted by Crippen LogP contribution is 2.38. The fourth-order valence-electron chi connectivity index (χ4n) is 2.96.